The van der Waals surface area contributed by atoms with Gasteiger partial charge >= 0.3 is 0 Å². The molecule has 0 fully saturated rings. The van der Waals surface area contributed by atoms with Gasteiger partial charge in [-0.05, 0) is 54.9 Å². The van der Waals surface area contributed by atoms with Gasteiger partial charge in [0.05, 0.1) is 10.8 Å². The summed E-state index contributed by atoms with van der Waals surface area (Å²) in [5.41, 5.74) is 3.01. The zero-order valence-corrected chi connectivity index (χ0v) is 18.0. The molecule has 0 N–H and O–H groups in total. The highest BCUT2D eigenvalue weighted by Gasteiger charge is 2.02. The largest absolute Gasteiger partial charge is 0.236 e. The van der Waals surface area contributed by atoms with Crippen LogP contribution in [0.3, 0.4) is 0 Å². The van der Waals surface area contributed by atoms with Crippen molar-refractivity contribution in [3.8, 4) is 11.4 Å². The van der Waals surface area contributed by atoms with E-state index in [1.54, 1.807) is 0 Å². The van der Waals surface area contributed by atoms with Gasteiger partial charge < -0.3 is 0 Å². The standard InChI is InChI=1S/C24H33N3S/c1-2-3-4-5-6-7-8-9-10-11-12-13-21-18-25-24(26-19-21)22-14-16-23(17-15-22)27-20-28/h14-19H,2-13H2,1H3. The summed E-state index contributed by atoms with van der Waals surface area (Å²) in [6.07, 6.45) is 20.1. The minimum absolute atomic E-state index is 0.751. The second-order valence-corrected chi connectivity index (χ2v) is 7.63. The number of benzene rings is 1. The first-order chi connectivity index (χ1) is 13.8. The van der Waals surface area contributed by atoms with Crippen molar-refractivity contribution in [1.82, 2.24) is 9.97 Å². The van der Waals surface area contributed by atoms with Gasteiger partial charge in [-0.3, -0.25) is 0 Å². The Morgan fingerprint density at radius 3 is 1.86 bits per heavy atom. The molecule has 4 heteroatoms. The summed E-state index contributed by atoms with van der Waals surface area (Å²) in [6.45, 7) is 2.28. The number of thiocarbonyl (C=S) groups is 1. The SMILES string of the molecule is CCCCCCCCCCCCCc1cnc(-c2ccc(N=C=S)cc2)nc1. The highest BCUT2D eigenvalue weighted by molar-refractivity contribution is 7.78. The van der Waals surface area contributed by atoms with Crippen molar-refractivity contribution in [3.63, 3.8) is 0 Å². The van der Waals surface area contributed by atoms with Crippen molar-refractivity contribution >= 4 is 23.1 Å². The molecular weight excluding hydrogens is 362 g/mol. The van der Waals surface area contributed by atoms with Gasteiger partial charge in [0.2, 0.25) is 0 Å². The lowest BCUT2D eigenvalue weighted by atomic mass is 10.0. The van der Waals surface area contributed by atoms with E-state index in [9.17, 15) is 0 Å². The average molecular weight is 396 g/mol. The fraction of sp³-hybridized carbons (Fsp3) is 0.542. The van der Waals surface area contributed by atoms with Crippen LogP contribution >= 0.6 is 12.2 Å². The predicted molar refractivity (Wildman–Crippen MR) is 122 cm³/mol. The normalized spacial score (nSPS) is 10.6. The first-order valence-corrected chi connectivity index (χ1v) is 11.2. The van der Waals surface area contributed by atoms with E-state index in [0.29, 0.717) is 0 Å². The summed E-state index contributed by atoms with van der Waals surface area (Å²) < 4.78 is 0. The minimum Gasteiger partial charge on any atom is -0.236 e. The molecule has 2 aromatic rings. The molecular formula is C24H33N3S. The van der Waals surface area contributed by atoms with Gasteiger partial charge in [0.25, 0.3) is 0 Å². The second kappa shape index (κ2) is 14.1. The molecule has 0 aliphatic rings. The van der Waals surface area contributed by atoms with Crippen molar-refractivity contribution in [3.05, 3.63) is 42.2 Å². The first kappa shape index (κ1) is 22.4. The molecule has 28 heavy (non-hydrogen) atoms. The van der Waals surface area contributed by atoms with E-state index in [2.05, 4.69) is 39.3 Å². The lowest BCUT2D eigenvalue weighted by Crippen LogP contribution is -1.93. The Hall–Kier alpha value is -1.90. The van der Waals surface area contributed by atoms with E-state index in [1.807, 2.05) is 36.7 Å². The van der Waals surface area contributed by atoms with Crippen molar-refractivity contribution in [2.24, 2.45) is 4.99 Å². The molecule has 2 rings (SSSR count). The lowest BCUT2D eigenvalue weighted by Gasteiger charge is -2.04. The number of nitrogens with zero attached hydrogens (tertiary/aromatic N) is 3. The van der Waals surface area contributed by atoms with Gasteiger partial charge in [0.15, 0.2) is 5.82 Å². The highest BCUT2D eigenvalue weighted by atomic mass is 32.1. The molecule has 150 valence electrons. The van der Waals surface area contributed by atoms with Gasteiger partial charge in [-0.2, -0.15) is 4.99 Å². The number of hydrogen-bond donors (Lipinski definition) is 0. The van der Waals surface area contributed by atoms with Crippen LogP contribution in [0.1, 0.15) is 83.1 Å². The van der Waals surface area contributed by atoms with Crippen LogP contribution in [0.2, 0.25) is 0 Å². The zero-order chi connectivity index (χ0) is 19.9. The molecule has 0 spiro atoms. The number of aliphatic imine (C=N–C) groups is 1. The number of rotatable bonds is 14. The maximum absolute atomic E-state index is 4.62. The smallest absolute Gasteiger partial charge is 0.159 e. The topological polar surface area (TPSA) is 38.1 Å². The van der Waals surface area contributed by atoms with Gasteiger partial charge in [-0.1, -0.05) is 71.1 Å². The quantitative estimate of drug-likeness (QED) is 0.186. The Morgan fingerprint density at radius 1 is 0.786 bits per heavy atom. The van der Waals surface area contributed by atoms with E-state index >= 15 is 0 Å². The molecule has 0 bridgehead atoms. The van der Waals surface area contributed by atoms with Crippen LogP contribution < -0.4 is 0 Å². The highest BCUT2D eigenvalue weighted by Crippen LogP contribution is 2.19. The number of aryl methyl sites for hydroxylation is 1. The third-order valence-electron chi connectivity index (χ3n) is 5.07. The number of hydrogen-bond acceptors (Lipinski definition) is 4. The molecule has 3 nitrogen and oxygen atoms in total. The minimum atomic E-state index is 0.751. The third kappa shape index (κ3) is 8.86. The summed E-state index contributed by atoms with van der Waals surface area (Å²) in [5, 5.41) is 2.38. The van der Waals surface area contributed by atoms with Crippen LogP contribution in [0.15, 0.2) is 41.7 Å². The number of unbranched alkanes of at least 4 members (excludes halogenated alkanes) is 10. The second-order valence-electron chi connectivity index (χ2n) is 7.45. The molecule has 0 radical (unpaired) electrons. The molecule has 1 aromatic heterocycles. The average Bonchev–Trinajstić information content (AvgIpc) is 2.73. The molecule has 0 amide bonds. The van der Waals surface area contributed by atoms with Crippen LogP contribution in [0, 0.1) is 0 Å². The lowest BCUT2D eigenvalue weighted by molar-refractivity contribution is 0.549. The van der Waals surface area contributed by atoms with E-state index in [1.165, 1.54) is 76.2 Å². The van der Waals surface area contributed by atoms with E-state index in [4.69, 9.17) is 0 Å². The Kier molecular flexibility index (Phi) is 11.3. The van der Waals surface area contributed by atoms with E-state index in [-0.39, 0.29) is 0 Å². The Bertz CT molecular complexity index is 704. The molecule has 0 unspecified atom stereocenters. The molecule has 0 saturated carbocycles. The van der Waals surface area contributed by atoms with Gasteiger partial charge in [0.1, 0.15) is 0 Å². The van der Waals surface area contributed by atoms with Crippen LogP contribution in [0.4, 0.5) is 5.69 Å². The zero-order valence-electron chi connectivity index (χ0n) is 17.2. The molecule has 0 atom stereocenters. The Balaban J connectivity index is 1.59. The van der Waals surface area contributed by atoms with Crippen molar-refractivity contribution in [2.45, 2.75) is 84.0 Å². The van der Waals surface area contributed by atoms with E-state index < -0.39 is 0 Å². The molecule has 1 aromatic carbocycles. The van der Waals surface area contributed by atoms with Gasteiger partial charge in [-0.25, -0.2) is 9.97 Å². The van der Waals surface area contributed by atoms with Crippen LogP contribution in [0.5, 0.6) is 0 Å². The first-order valence-electron chi connectivity index (χ1n) is 10.8. The number of isothiocyanates is 1. The fourth-order valence-electron chi connectivity index (χ4n) is 3.36. The van der Waals surface area contributed by atoms with Crippen molar-refractivity contribution < 1.29 is 0 Å². The summed E-state index contributed by atoms with van der Waals surface area (Å²) in [6, 6.07) is 7.73. The van der Waals surface area contributed by atoms with Gasteiger partial charge in [-0.15, -0.1) is 0 Å². The van der Waals surface area contributed by atoms with Crippen LogP contribution in [-0.4, -0.2) is 15.1 Å². The van der Waals surface area contributed by atoms with Gasteiger partial charge in [0, 0.05) is 18.0 Å². The molecule has 1 heterocycles. The summed E-state index contributed by atoms with van der Waals surface area (Å²) in [7, 11) is 0. The predicted octanol–water partition coefficient (Wildman–Crippen LogP) is 7.73. The van der Waals surface area contributed by atoms with E-state index in [0.717, 1.165) is 23.5 Å². The number of aromatic nitrogens is 2. The summed E-state index contributed by atoms with van der Waals surface area (Å²) >= 11 is 4.62. The van der Waals surface area contributed by atoms with Crippen LogP contribution in [-0.2, 0) is 6.42 Å². The Labute approximate surface area is 175 Å². The third-order valence-corrected chi connectivity index (χ3v) is 5.17. The monoisotopic (exact) mass is 395 g/mol. The summed E-state index contributed by atoms with van der Waals surface area (Å²) in [5.74, 6) is 0.751. The molecule has 0 aliphatic carbocycles. The summed E-state index contributed by atoms with van der Waals surface area (Å²) in [4.78, 5) is 13.0. The van der Waals surface area contributed by atoms with Crippen molar-refractivity contribution in [1.29, 1.82) is 0 Å². The maximum Gasteiger partial charge on any atom is 0.159 e. The molecule has 0 aliphatic heterocycles. The van der Waals surface area contributed by atoms with Crippen LogP contribution in [0.25, 0.3) is 11.4 Å². The van der Waals surface area contributed by atoms with Crippen molar-refractivity contribution in [2.75, 3.05) is 0 Å². The maximum atomic E-state index is 4.62. The Morgan fingerprint density at radius 2 is 1.32 bits per heavy atom. The fourth-order valence-corrected chi connectivity index (χ4v) is 3.47. The molecule has 0 saturated heterocycles.